The molecule has 4 nitrogen and oxygen atoms in total. The van der Waals surface area contributed by atoms with Crippen LogP contribution >= 0.6 is 0 Å². The number of hydrogen-bond donors (Lipinski definition) is 0. The van der Waals surface area contributed by atoms with Crippen LogP contribution in [-0.2, 0) is 16.0 Å². The van der Waals surface area contributed by atoms with Crippen molar-refractivity contribution in [2.24, 2.45) is 0 Å². The van der Waals surface area contributed by atoms with E-state index in [2.05, 4.69) is 23.6 Å². The van der Waals surface area contributed by atoms with Gasteiger partial charge in [0, 0.05) is 38.6 Å². The van der Waals surface area contributed by atoms with Crippen molar-refractivity contribution in [1.82, 2.24) is 9.80 Å². The van der Waals surface area contributed by atoms with Gasteiger partial charge in [-0.15, -0.1) is 0 Å². The number of ether oxygens (including phenoxy) is 1. The number of aryl methyl sites for hydroxylation is 1. The third-order valence-electron chi connectivity index (χ3n) is 5.20. The lowest BCUT2D eigenvalue weighted by atomic mass is 10.1. The van der Waals surface area contributed by atoms with Crippen LogP contribution in [0.1, 0.15) is 38.7 Å². The second-order valence-electron chi connectivity index (χ2n) is 7.49. The predicted molar refractivity (Wildman–Crippen MR) is 95.9 cm³/mol. The summed E-state index contributed by atoms with van der Waals surface area (Å²) in [5, 5.41) is 0. The minimum atomic E-state index is -0.233. The third-order valence-corrected chi connectivity index (χ3v) is 5.20. The highest BCUT2D eigenvalue weighted by atomic mass is 19.1. The van der Waals surface area contributed by atoms with Crippen LogP contribution in [0.4, 0.5) is 4.39 Å². The highest BCUT2D eigenvalue weighted by Gasteiger charge is 2.32. The molecule has 0 aromatic heterocycles. The fourth-order valence-corrected chi connectivity index (χ4v) is 4.13. The first-order valence-corrected chi connectivity index (χ1v) is 9.43. The van der Waals surface area contributed by atoms with Gasteiger partial charge in [-0.05, 0) is 50.8 Å². The molecule has 2 aliphatic rings. The monoisotopic (exact) mass is 348 g/mol. The maximum absolute atomic E-state index is 13.0. The predicted octanol–water partition coefficient (Wildman–Crippen LogP) is 2.86. The summed E-state index contributed by atoms with van der Waals surface area (Å²) in [6.07, 6.45) is 3.86. The summed E-state index contributed by atoms with van der Waals surface area (Å²) in [7, 11) is 0. The number of benzene rings is 1. The van der Waals surface area contributed by atoms with E-state index in [0.29, 0.717) is 18.9 Å². The topological polar surface area (TPSA) is 32.8 Å². The second kappa shape index (κ2) is 8.28. The zero-order chi connectivity index (χ0) is 17.8. The quantitative estimate of drug-likeness (QED) is 0.820. The number of hydrogen-bond acceptors (Lipinski definition) is 3. The fraction of sp³-hybridized carbons (Fsp3) is 0.650. The summed E-state index contributed by atoms with van der Waals surface area (Å²) in [5.41, 5.74) is 1.02. The number of nitrogens with zero attached hydrogens (tertiary/aromatic N) is 2. The first-order valence-electron chi connectivity index (χ1n) is 9.43. The van der Waals surface area contributed by atoms with Gasteiger partial charge >= 0.3 is 0 Å². The summed E-state index contributed by atoms with van der Waals surface area (Å²) in [4.78, 5) is 17.2. The Morgan fingerprint density at radius 2 is 1.88 bits per heavy atom. The molecule has 2 fully saturated rings. The van der Waals surface area contributed by atoms with Crippen molar-refractivity contribution in [2.45, 2.75) is 57.8 Å². The SMILES string of the molecule is C[C@@H]1CN(C[C@@H]2CCCN2C(=O)CCc2ccc(F)cc2)C[C@H](C)O1. The Labute approximate surface area is 149 Å². The van der Waals surface area contributed by atoms with Gasteiger partial charge in [-0.1, -0.05) is 12.1 Å². The van der Waals surface area contributed by atoms with Crippen LogP contribution in [0.2, 0.25) is 0 Å². The van der Waals surface area contributed by atoms with Crippen LogP contribution < -0.4 is 0 Å². The molecule has 1 amide bonds. The number of carbonyl (C=O) groups is 1. The van der Waals surface area contributed by atoms with Crippen molar-refractivity contribution in [3.05, 3.63) is 35.6 Å². The van der Waals surface area contributed by atoms with E-state index in [0.717, 1.165) is 44.6 Å². The molecule has 1 aromatic carbocycles. The summed E-state index contributed by atoms with van der Waals surface area (Å²) in [5.74, 6) is -0.00941. The molecular weight excluding hydrogens is 319 g/mol. The van der Waals surface area contributed by atoms with Crippen molar-refractivity contribution in [2.75, 3.05) is 26.2 Å². The molecule has 0 saturated carbocycles. The van der Waals surface area contributed by atoms with Gasteiger partial charge in [0.2, 0.25) is 5.91 Å². The first kappa shape index (κ1) is 18.3. The normalized spacial score (nSPS) is 27.6. The van der Waals surface area contributed by atoms with Gasteiger partial charge in [0.25, 0.3) is 0 Å². The standard InChI is InChI=1S/C20H29FN2O2/c1-15-12-22(13-16(2)25-15)14-19-4-3-11-23(19)20(24)10-7-17-5-8-18(21)9-6-17/h5-6,8-9,15-16,19H,3-4,7,10-14H2,1-2H3/t15-,16+,19-/m0/s1. The Kier molecular flexibility index (Phi) is 6.07. The largest absolute Gasteiger partial charge is 0.373 e. The minimum absolute atomic E-state index is 0.223. The average Bonchev–Trinajstić information content (AvgIpc) is 3.01. The summed E-state index contributed by atoms with van der Waals surface area (Å²) < 4.78 is 18.8. The Bertz CT molecular complexity index is 568. The zero-order valence-electron chi connectivity index (χ0n) is 15.3. The van der Waals surface area contributed by atoms with Gasteiger partial charge in [-0.2, -0.15) is 0 Å². The van der Waals surface area contributed by atoms with Gasteiger partial charge in [-0.25, -0.2) is 4.39 Å². The highest BCUT2D eigenvalue weighted by molar-refractivity contribution is 5.77. The molecule has 3 rings (SSSR count). The van der Waals surface area contributed by atoms with Gasteiger partial charge in [0.05, 0.1) is 12.2 Å². The number of halogens is 1. The van der Waals surface area contributed by atoms with E-state index in [9.17, 15) is 9.18 Å². The summed E-state index contributed by atoms with van der Waals surface area (Å²) in [6.45, 7) is 7.92. The van der Waals surface area contributed by atoms with Crippen molar-refractivity contribution < 1.29 is 13.9 Å². The molecular formula is C20H29FN2O2. The van der Waals surface area contributed by atoms with Crippen molar-refractivity contribution >= 4 is 5.91 Å². The molecule has 1 aromatic rings. The van der Waals surface area contributed by atoms with E-state index >= 15 is 0 Å². The van der Waals surface area contributed by atoms with Crippen molar-refractivity contribution in [3.8, 4) is 0 Å². The van der Waals surface area contributed by atoms with Crippen molar-refractivity contribution in [1.29, 1.82) is 0 Å². The van der Waals surface area contributed by atoms with Gasteiger partial charge in [-0.3, -0.25) is 9.69 Å². The summed E-state index contributed by atoms with van der Waals surface area (Å²) in [6, 6.07) is 6.76. The van der Waals surface area contributed by atoms with Crippen LogP contribution in [-0.4, -0.2) is 60.1 Å². The van der Waals surface area contributed by atoms with Crippen LogP contribution in [0.25, 0.3) is 0 Å². The number of rotatable bonds is 5. The number of morpholine rings is 1. The number of carbonyl (C=O) groups excluding carboxylic acids is 1. The van der Waals surface area contributed by atoms with Crippen LogP contribution in [0.15, 0.2) is 24.3 Å². The zero-order valence-corrected chi connectivity index (χ0v) is 15.3. The molecule has 0 bridgehead atoms. The van der Waals surface area contributed by atoms with E-state index in [4.69, 9.17) is 4.74 Å². The molecule has 0 unspecified atom stereocenters. The fourth-order valence-electron chi connectivity index (χ4n) is 4.13. The molecule has 2 heterocycles. The maximum Gasteiger partial charge on any atom is 0.223 e. The van der Waals surface area contributed by atoms with Gasteiger partial charge in [0.1, 0.15) is 5.82 Å². The van der Waals surface area contributed by atoms with Crippen molar-refractivity contribution in [3.63, 3.8) is 0 Å². The number of likely N-dealkylation sites (tertiary alicyclic amines) is 1. The molecule has 0 N–H and O–H groups in total. The average molecular weight is 348 g/mol. The first-order chi connectivity index (χ1) is 12.0. The molecule has 0 aliphatic carbocycles. The molecule has 138 valence electrons. The summed E-state index contributed by atoms with van der Waals surface area (Å²) >= 11 is 0. The molecule has 25 heavy (non-hydrogen) atoms. The van der Waals surface area contributed by atoms with Gasteiger partial charge < -0.3 is 9.64 Å². The lowest BCUT2D eigenvalue weighted by Crippen LogP contribution is -2.50. The van der Waals surface area contributed by atoms with E-state index in [1.165, 1.54) is 12.1 Å². The van der Waals surface area contributed by atoms with E-state index in [-0.39, 0.29) is 23.9 Å². The van der Waals surface area contributed by atoms with E-state index in [1.807, 2.05) is 0 Å². The van der Waals surface area contributed by atoms with Crippen LogP contribution in [0.5, 0.6) is 0 Å². The molecule has 5 heteroatoms. The lowest BCUT2D eigenvalue weighted by Gasteiger charge is -2.38. The smallest absolute Gasteiger partial charge is 0.223 e. The Morgan fingerprint density at radius 3 is 2.56 bits per heavy atom. The third kappa shape index (κ3) is 5.02. The van der Waals surface area contributed by atoms with Crippen LogP contribution in [0, 0.1) is 5.82 Å². The molecule has 2 aliphatic heterocycles. The maximum atomic E-state index is 13.0. The Morgan fingerprint density at radius 1 is 1.20 bits per heavy atom. The lowest BCUT2D eigenvalue weighted by molar-refractivity contribution is -0.133. The Balaban J connectivity index is 1.51. The number of amides is 1. The van der Waals surface area contributed by atoms with Gasteiger partial charge in [0.15, 0.2) is 0 Å². The molecule has 0 radical (unpaired) electrons. The second-order valence-corrected chi connectivity index (χ2v) is 7.49. The molecule has 0 spiro atoms. The highest BCUT2D eigenvalue weighted by Crippen LogP contribution is 2.22. The van der Waals surface area contributed by atoms with Crippen LogP contribution in [0.3, 0.4) is 0 Å². The van der Waals surface area contributed by atoms with E-state index in [1.54, 1.807) is 12.1 Å². The molecule has 2 saturated heterocycles. The Hall–Kier alpha value is -1.46. The minimum Gasteiger partial charge on any atom is -0.373 e. The molecule has 3 atom stereocenters. The van der Waals surface area contributed by atoms with E-state index < -0.39 is 0 Å².